The normalized spacial score (nSPS) is 2.17. The van der Waals surface area contributed by atoms with Gasteiger partial charge in [-0.25, -0.2) is 0 Å². The van der Waals surface area contributed by atoms with Gasteiger partial charge in [-0.05, 0) is 6.92 Å². The van der Waals surface area contributed by atoms with Crippen LogP contribution >= 0.6 is 0 Å². The molecule has 0 aliphatic heterocycles. The maximum absolute atomic E-state index is 3.36. The van der Waals surface area contributed by atoms with Crippen LogP contribution in [0, 0.1) is 0 Å². The molecule has 0 aliphatic carbocycles. The molecule has 6 heavy (non-hydrogen) atoms. The van der Waals surface area contributed by atoms with Gasteiger partial charge < -0.3 is 16.4 Å². The van der Waals surface area contributed by atoms with Gasteiger partial charge >= 0.3 is 0 Å². The van der Waals surface area contributed by atoms with E-state index in [2.05, 4.69) is 6.58 Å². The topological polar surface area (TPSA) is 94.5 Å². The van der Waals surface area contributed by atoms with E-state index in [9.17, 15) is 0 Å². The summed E-state index contributed by atoms with van der Waals surface area (Å²) in [6.07, 6.45) is 1.75. The van der Waals surface area contributed by atoms with Gasteiger partial charge in [-0.2, -0.15) is 0 Å². The molecule has 3 heteroatoms. The molecule has 0 aromatic heterocycles. The Bertz CT molecular complexity index is 13.5. The fourth-order valence-electron chi connectivity index (χ4n) is 0. The zero-order valence-corrected chi connectivity index (χ0v) is 3.78. The molecule has 0 unspecified atom stereocenters. The summed E-state index contributed by atoms with van der Waals surface area (Å²) in [7, 11) is 0. The predicted molar refractivity (Wildman–Crippen MR) is 26.7 cm³/mol. The first kappa shape index (κ1) is 45.7. The average Bonchev–Trinajstić information content (AvgIpc) is 0.918. The number of allylic oxidation sites excluding steroid dienone is 1. The van der Waals surface area contributed by atoms with Crippen molar-refractivity contribution in [3.8, 4) is 0 Å². The zero-order chi connectivity index (χ0) is 2.71. The molecule has 0 aromatic carbocycles. The molecule has 0 rings (SSSR count). The standard InChI is InChI=1S/C3H6.3H2O/c1-3-2;;;/h3H,1H2,2H3;3*1H2. The van der Waals surface area contributed by atoms with Crippen LogP contribution in [0.3, 0.4) is 0 Å². The summed E-state index contributed by atoms with van der Waals surface area (Å²) in [5.41, 5.74) is 0. The van der Waals surface area contributed by atoms with Crippen LogP contribution in [-0.4, -0.2) is 16.4 Å². The lowest BCUT2D eigenvalue weighted by molar-refractivity contribution is 0.823. The van der Waals surface area contributed by atoms with Crippen LogP contribution in [0.1, 0.15) is 6.92 Å². The quantitative estimate of drug-likeness (QED) is 0.336. The minimum atomic E-state index is 0. The third-order valence-electron chi connectivity index (χ3n) is 0. The summed E-state index contributed by atoms with van der Waals surface area (Å²) in [5.74, 6) is 0. The molecule has 42 valence electrons. The highest BCUT2D eigenvalue weighted by molar-refractivity contribution is 4.51. The molecule has 0 bridgehead atoms. The van der Waals surface area contributed by atoms with Crippen molar-refractivity contribution in [2.24, 2.45) is 0 Å². The Balaban J connectivity index is -0.00000000667. The van der Waals surface area contributed by atoms with Gasteiger partial charge in [-0.3, -0.25) is 0 Å². The zero-order valence-electron chi connectivity index (χ0n) is 3.78. The average molecular weight is 96.1 g/mol. The Morgan fingerprint density at radius 2 is 1.17 bits per heavy atom. The molecule has 0 aliphatic rings. The molecule has 3 nitrogen and oxygen atoms in total. The van der Waals surface area contributed by atoms with Crippen molar-refractivity contribution < 1.29 is 16.4 Å². The van der Waals surface area contributed by atoms with E-state index < -0.39 is 0 Å². The largest absolute Gasteiger partial charge is 0.412 e. The summed E-state index contributed by atoms with van der Waals surface area (Å²) in [5, 5.41) is 0. The van der Waals surface area contributed by atoms with Gasteiger partial charge in [-0.15, -0.1) is 6.58 Å². The highest BCUT2D eigenvalue weighted by Gasteiger charge is 1.15. The monoisotopic (exact) mass is 96.1 g/mol. The lowest BCUT2D eigenvalue weighted by Crippen LogP contribution is -1.07. The van der Waals surface area contributed by atoms with Crippen LogP contribution in [0.25, 0.3) is 0 Å². The first-order chi connectivity index (χ1) is 1.41. The van der Waals surface area contributed by atoms with Gasteiger partial charge in [0, 0.05) is 0 Å². The number of hydrogen-bond donors (Lipinski definition) is 0. The minimum Gasteiger partial charge on any atom is -0.412 e. The summed E-state index contributed by atoms with van der Waals surface area (Å²) in [6, 6.07) is 0. The molecule has 0 spiro atoms. The van der Waals surface area contributed by atoms with E-state index >= 15 is 0 Å². The number of rotatable bonds is 0. The molecule has 0 saturated heterocycles. The van der Waals surface area contributed by atoms with Crippen molar-refractivity contribution in [3.63, 3.8) is 0 Å². The molecule has 0 saturated carbocycles. The van der Waals surface area contributed by atoms with Gasteiger partial charge in [0.25, 0.3) is 0 Å². The predicted octanol–water partition coefficient (Wildman–Crippen LogP) is -1.28. The Morgan fingerprint density at radius 1 is 1.17 bits per heavy atom. The third kappa shape index (κ3) is 172. The third-order valence-corrected chi connectivity index (χ3v) is 0. The van der Waals surface area contributed by atoms with E-state index in [0.29, 0.717) is 0 Å². The lowest BCUT2D eigenvalue weighted by Gasteiger charge is -1.31. The molecule has 0 fully saturated rings. The lowest BCUT2D eigenvalue weighted by atomic mass is 10.8. The second-order valence-corrected chi connectivity index (χ2v) is 0.408. The van der Waals surface area contributed by atoms with Crippen LogP contribution in [0.2, 0.25) is 0 Å². The summed E-state index contributed by atoms with van der Waals surface area (Å²) in [6.45, 7) is 5.25. The van der Waals surface area contributed by atoms with Crippen molar-refractivity contribution in [1.82, 2.24) is 0 Å². The summed E-state index contributed by atoms with van der Waals surface area (Å²) in [4.78, 5) is 0. The van der Waals surface area contributed by atoms with Crippen molar-refractivity contribution in [2.75, 3.05) is 0 Å². The van der Waals surface area contributed by atoms with E-state index in [1.54, 1.807) is 6.08 Å². The smallest absolute Gasteiger partial charge is 0.0473 e. The first-order valence-electron chi connectivity index (χ1n) is 0.986. The second kappa shape index (κ2) is 157. The molecule has 0 atom stereocenters. The Kier molecular flexibility index (Phi) is 1200. The molecular weight excluding hydrogens is 84.0 g/mol. The van der Waals surface area contributed by atoms with Gasteiger partial charge in [0.05, 0.1) is 0 Å². The number of hydrogen-bond acceptors (Lipinski definition) is 0. The van der Waals surface area contributed by atoms with Gasteiger partial charge in [0.1, 0.15) is 0 Å². The molecule has 0 amide bonds. The van der Waals surface area contributed by atoms with Crippen molar-refractivity contribution in [3.05, 3.63) is 12.7 Å². The maximum Gasteiger partial charge on any atom is -0.0473 e. The fraction of sp³-hybridized carbons (Fsp3) is 0.333. The van der Waals surface area contributed by atoms with Crippen LogP contribution in [0.15, 0.2) is 12.7 Å². The van der Waals surface area contributed by atoms with E-state index in [-0.39, 0.29) is 16.4 Å². The molecular formula is C3H12O3. The summed E-state index contributed by atoms with van der Waals surface area (Å²) >= 11 is 0. The van der Waals surface area contributed by atoms with Crippen molar-refractivity contribution >= 4 is 0 Å². The molecule has 0 radical (unpaired) electrons. The second-order valence-electron chi connectivity index (χ2n) is 0.408. The van der Waals surface area contributed by atoms with E-state index in [4.69, 9.17) is 0 Å². The van der Waals surface area contributed by atoms with Gasteiger partial charge in [0.2, 0.25) is 0 Å². The van der Waals surface area contributed by atoms with Crippen LogP contribution in [0.4, 0.5) is 0 Å². The van der Waals surface area contributed by atoms with Crippen LogP contribution < -0.4 is 0 Å². The first-order valence-corrected chi connectivity index (χ1v) is 0.986. The Morgan fingerprint density at radius 3 is 1.17 bits per heavy atom. The van der Waals surface area contributed by atoms with Crippen LogP contribution in [0.5, 0.6) is 0 Å². The fourth-order valence-corrected chi connectivity index (χ4v) is 0. The van der Waals surface area contributed by atoms with Gasteiger partial charge in [0.15, 0.2) is 0 Å². The Labute approximate surface area is 37.2 Å². The van der Waals surface area contributed by atoms with Crippen molar-refractivity contribution in [2.45, 2.75) is 6.92 Å². The van der Waals surface area contributed by atoms with Crippen LogP contribution in [-0.2, 0) is 0 Å². The highest BCUT2D eigenvalue weighted by Crippen LogP contribution is 1.38. The van der Waals surface area contributed by atoms with Crippen molar-refractivity contribution in [1.29, 1.82) is 0 Å². The van der Waals surface area contributed by atoms with E-state index in [0.717, 1.165) is 0 Å². The SMILES string of the molecule is C=CC.O.O.O. The highest BCUT2D eigenvalue weighted by atomic mass is 16.0. The van der Waals surface area contributed by atoms with E-state index in [1.165, 1.54) is 0 Å². The molecule has 0 aromatic rings. The molecule has 6 N–H and O–H groups in total. The minimum absolute atomic E-state index is 0. The van der Waals surface area contributed by atoms with Gasteiger partial charge in [-0.1, -0.05) is 6.08 Å². The summed E-state index contributed by atoms with van der Waals surface area (Å²) < 4.78 is 0. The van der Waals surface area contributed by atoms with E-state index in [1.807, 2.05) is 6.92 Å². The molecule has 0 heterocycles. The maximum atomic E-state index is 3.36. The Hall–Kier alpha value is -0.380.